The zero-order chi connectivity index (χ0) is 18.2. The van der Waals surface area contributed by atoms with E-state index in [9.17, 15) is 9.59 Å². The fourth-order valence-electron chi connectivity index (χ4n) is 2.30. The summed E-state index contributed by atoms with van der Waals surface area (Å²) in [5.41, 5.74) is 2.01. The van der Waals surface area contributed by atoms with Gasteiger partial charge in [0.25, 0.3) is 0 Å². The number of ether oxygens (including phenoxy) is 3. The molecule has 132 valence electrons. The van der Waals surface area contributed by atoms with E-state index in [1.807, 2.05) is 12.1 Å². The number of aryl methyl sites for hydroxylation is 1. The van der Waals surface area contributed by atoms with Gasteiger partial charge in [0, 0.05) is 18.2 Å². The molecule has 25 heavy (non-hydrogen) atoms. The summed E-state index contributed by atoms with van der Waals surface area (Å²) in [7, 11) is 4.50. The van der Waals surface area contributed by atoms with Gasteiger partial charge in [-0.25, -0.2) is 4.79 Å². The van der Waals surface area contributed by atoms with Crippen LogP contribution in [0.5, 0.6) is 11.5 Å². The van der Waals surface area contributed by atoms with E-state index >= 15 is 0 Å². The SMILES string of the molecule is COC(=O)c1ccc(NC(=O)CCc2cc(OC)cc(OC)c2)cc1. The molecule has 0 fully saturated rings. The maximum Gasteiger partial charge on any atom is 0.337 e. The lowest BCUT2D eigenvalue weighted by molar-refractivity contribution is -0.116. The minimum absolute atomic E-state index is 0.118. The molecular formula is C19H21NO5. The van der Waals surface area contributed by atoms with E-state index in [1.165, 1.54) is 7.11 Å². The van der Waals surface area contributed by atoms with Crippen molar-refractivity contribution in [1.82, 2.24) is 0 Å². The third-order valence-corrected chi connectivity index (χ3v) is 3.64. The average molecular weight is 343 g/mol. The van der Waals surface area contributed by atoms with E-state index in [1.54, 1.807) is 44.6 Å². The summed E-state index contributed by atoms with van der Waals surface area (Å²) in [6.45, 7) is 0. The summed E-state index contributed by atoms with van der Waals surface area (Å²) in [5, 5.41) is 2.80. The summed E-state index contributed by atoms with van der Waals surface area (Å²) >= 11 is 0. The molecule has 0 saturated carbocycles. The van der Waals surface area contributed by atoms with Gasteiger partial charge in [-0.15, -0.1) is 0 Å². The van der Waals surface area contributed by atoms with Crippen LogP contribution in [0.3, 0.4) is 0 Å². The Labute approximate surface area is 146 Å². The molecule has 2 aromatic rings. The summed E-state index contributed by atoms with van der Waals surface area (Å²) < 4.78 is 15.1. The molecule has 2 aromatic carbocycles. The van der Waals surface area contributed by atoms with E-state index < -0.39 is 5.97 Å². The van der Waals surface area contributed by atoms with Crippen LogP contribution in [0.1, 0.15) is 22.3 Å². The number of anilines is 1. The Morgan fingerprint density at radius 3 is 2.04 bits per heavy atom. The number of carbonyl (C=O) groups is 2. The molecule has 0 saturated heterocycles. The summed E-state index contributed by atoms with van der Waals surface area (Å²) in [4.78, 5) is 23.5. The normalized spacial score (nSPS) is 10.0. The number of methoxy groups -OCH3 is 3. The molecule has 0 aliphatic carbocycles. The maximum absolute atomic E-state index is 12.1. The number of nitrogens with one attached hydrogen (secondary N) is 1. The quantitative estimate of drug-likeness (QED) is 0.782. The van der Waals surface area contributed by atoms with E-state index in [0.717, 1.165) is 5.56 Å². The van der Waals surface area contributed by atoms with Crippen LogP contribution >= 0.6 is 0 Å². The van der Waals surface area contributed by atoms with Crippen LogP contribution in [0, 0.1) is 0 Å². The second kappa shape index (κ2) is 8.73. The second-order valence-corrected chi connectivity index (χ2v) is 5.34. The van der Waals surface area contributed by atoms with Crippen LogP contribution in [0.15, 0.2) is 42.5 Å². The van der Waals surface area contributed by atoms with Crippen LogP contribution in [0.25, 0.3) is 0 Å². The standard InChI is InChI=1S/C19H21NO5/c1-23-16-10-13(11-17(12-16)24-2)4-9-18(21)20-15-7-5-14(6-8-15)19(22)25-3/h5-8,10-12H,4,9H2,1-3H3,(H,20,21). The number of rotatable bonds is 7. The molecule has 0 aliphatic rings. The number of hydrogen-bond donors (Lipinski definition) is 1. The Morgan fingerprint density at radius 2 is 1.52 bits per heavy atom. The van der Waals surface area contributed by atoms with Crippen LogP contribution in [-0.2, 0) is 16.0 Å². The van der Waals surface area contributed by atoms with Gasteiger partial charge in [0.2, 0.25) is 5.91 Å². The van der Waals surface area contributed by atoms with Crippen molar-refractivity contribution in [3.63, 3.8) is 0 Å². The van der Waals surface area contributed by atoms with Gasteiger partial charge in [0.1, 0.15) is 11.5 Å². The highest BCUT2D eigenvalue weighted by Gasteiger charge is 2.08. The smallest absolute Gasteiger partial charge is 0.337 e. The molecule has 1 amide bonds. The fraction of sp³-hybridized carbons (Fsp3) is 0.263. The number of amides is 1. The van der Waals surface area contributed by atoms with Gasteiger partial charge in [-0.2, -0.15) is 0 Å². The van der Waals surface area contributed by atoms with Crippen molar-refractivity contribution in [2.75, 3.05) is 26.6 Å². The first kappa shape index (κ1) is 18.3. The first-order chi connectivity index (χ1) is 12.0. The number of esters is 1. The van der Waals surface area contributed by atoms with E-state index in [4.69, 9.17) is 9.47 Å². The fourth-order valence-corrected chi connectivity index (χ4v) is 2.30. The molecule has 6 heteroatoms. The van der Waals surface area contributed by atoms with Crippen LogP contribution in [0.4, 0.5) is 5.69 Å². The zero-order valence-corrected chi connectivity index (χ0v) is 14.5. The zero-order valence-electron chi connectivity index (χ0n) is 14.5. The number of benzene rings is 2. The minimum Gasteiger partial charge on any atom is -0.497 e. The molecule has 0 atom stereocenters. The van der Waals surface area contributed by atoms with Crippen LogP contribution in [0.2, 0.25) is 0 Å². The molecule has 2 rings (SSSR count). The van der Waals surface area contributed by atoms with Gasteiger partial charge in [-0.3, -0.25) is 4.79 Å². The largest absolute Gasteiger partial charge is 0.497 e. The summed E-state index contributed by atoms with van der Waals surface area (Å²) in [6, 6.07) is 12.1. The molecule has 1 N–H and O–H groups in total. The third kappa shape index (κ3) is 5.24. The maximum atomic E-state index is 12.1. The van der Waals surface area contributed by atoms with Gasteiger partial charge in [0.15, 0.2) is 0 Å². The van der Waals surface area contributed by atoms with Gasteiger partial charge >= 0.3 is 5.97 Å². The van der Waals surface area contributed by atoms with Crippen molar-refractivity contribution >= 4 is 17.6 Å². The Kier molecular flexibility index (Phi) is 6.39. The summed E-state index contributed by atoms with van der Waals surface area (Å²) in [5.74, 6) is 0.846. The van der Waals surface area contributed by atoms with Gasteiger partial charge < -0.3 is 19.5 Å². The van der Waals surface area contributed by atoms with E-state index in [2.05, 4.69) is 10.1 Å². The predicted octanol–water partition coefficient (Wildman–Crippen LogP) is 3.06. The van der Waals surface area contributed by atoms with Crippen LogP contribution in [-0.4, -0.2) is 33.2 Å². The third-order valence-electron chi connectivity index (χ3n) is 3.64. The molecular weight excluding hydrogens is 322 g/mol. The van der Waals surface area contributed by atoms with Gasteiger partial charge in [-0.1, -0.05) is 0 Å². The molecule has 0 unspecified atom stereocenters. The Balaban J connectivity index is 1.93. The molecule has 0 aromatic heterocycles. The molecule has 0 heterocycles. The molecule has 0 spiro atoms. The number of carbonyl (C=O) groups excluding carboxylic acids is 2. The Morgan fingerprint density at radius 1 is 0.920 bits per heavy atom. The van der Waals surface area contributed by atoms with Crippen molar-refractivity contribution in [3.8, 4) is 11.5 Å². The van der Waals surface area contributed by atoms with Crippen molar-refractivity contribution in [3.05, 3.63) is 53.6 Å². The molecule has 0 radical (unpaired) electrons. The van der Waals surface area contributed by atoms with Crippen molar-refractivity contribution in [1.29, 1.82) is 0 Å². The number of hydrogen-bond acceptors (Lipinski definition) is 5. The molecule has 0 bridgehead atoms. The Hall–Kier alpha value is -3.02. The van der Waals surface area contributed by atoms with E-state index in [0.29, 0.717) is 35.6 Å². The molecule has 0 aliphatic heterocycles. The highest BCUT2D eigenvalue weighted by atomic mass is 16.5. The lowest BCUT2D eigenvalue weighted by atomic mass is 10.1. The first-order valence-electron chi connectivity index (χ1n) is 7.76. The monoisotopic (exact) mass is 343 g/mol. The van der Waals surface area contributed by atoms with E-state index in [-0.39, 0.29) is 5.91 Å². The average Bonchev–Trinajstić information content (AvgIpc) is 2.66. The lowest BCUT2D eigenvalue weighted by Gasteiger charge is -2.09. The minimum atomic E-state index is -0.412. The predicted molar refractivity (Wildman–Crippen MR) is 94.3 cm³/mol. The topological polar surface area (TPSA) is 73.9 Å². The lowest BCUT2D eigenvalue weighted by Crippen LogP contribution is -2.12. The second-order valence-electron chi connectivity index (χ2n) is 5.34. The molecule has 6 nitrogen and oxygen atoms in total. The summed E-state index contributed by atoms with van der Waals surface area (Å²) in [6.07, 6.45) is 0.870. The highest BCUT2D eigenvalue weighted by molar-refractivity contribution is 5.93. The Bertz CT molecular complexity index is 718. The van der Waals surface area contributed by atoms with Crippen molar-refractivity contribution in [2.45, 2.75) is 12.8 Å². The van der Waals surface area contributed by atoms with Crippen molar-refractivity contribution < 1.29 is 23.8 Å². The van der Waals surface area contributed by atoms with Gasteiger partial charge in [0.05, 0.1) is 26.9 Å². The van der Waals surface area contributed by atoms with Gasteiger partial charge in [-0.05, 0) is 48.4 Å². The first-order valence-corrected chi connectivity index (χ1v) is 7.76. The highest BCUT2D eigenvalue weighted by Crippen LogP contribution is 2.23. The van der Waals surface area contributed by atoms with Crippen LogP contribution < -0.4 is 14.8 Å². The van der Waals surface area contributed by atoms with Crippen molar-refractivity contribution in [2.24, 2.45) is 0 Å².